The number of rotatable bonds is 6. The molecular weight excluding hydrogens is 370 g/mol. The Morgan fingerprint density at radius 2 is 2.07 bits per heavy atom. The van der Waals surface area contributed by atoms with Gasteiger partial charge < -0.3 is 18.9 Å². The van der Waals surface area contributed by atoms with Crippen molar-refractivity contribution in [2.24, 2.45) is 0 Å². The minimum absolute atomic E-state index is 0.0368. The molecule has 0 atom stereocenters. The summed E-state index contributed by atoms with van der Waals surface area (Å²) in [5, 5.41) is 15.3. The van der Waals surface area contributed by atoms with Crippen molar-refractivity contribution in [3.8, 4) is 34.3 Å². The molecule has 0 aliphatic heterocycles. The average molecular weight is 389 g/mol. The molecule has 4 aromatic rings. The van der Waals surface area contributed by atoms with E-state index < -0.39 is 5.56 Å². The summed E-state index contributed by atoms with van der Waals surface area (Å²) in [7, 11) is 0. The van der Waals surface area contributed by atoms with E-state index in [9.17, 15) is 9.90 Å². The predicted molar refractivity (Wildman–Crippen MR) is 110 cm³/mol. The molecule has 0 saturated carbocycles. The second-order valence-electron chi connectivity index (χ2n) is 6.33. The van der Waals surface area contributed by atoms with E-state index >= 15 is 0 Å². The highest BCUT2D eigenvalue weighted by atomic mass is 16.5. The van der Waals surface area contributed by atoms with E-state index in [1.807, 2.05) is 25.1 Å². The van der Waals surface area contributed by atoms with Crippen molar-refractivity contribution in [1.29, 1.82) is 0 Å². The van der Waals surface area contributed by atoms with Gasteiger partial charge in [-0.2, -0.15) is 4.98 Å². The summed E-state index contributed by atoms with van der Waals surface area (Å²) in [6, 6.07) is 14.3. The molecule has 0 aliphatic rings. The Morgan fingerprint density at radius 3 is 2.86 bits per heavy atom. The van der Waals surface area contributed by atoms with Crippen molar-refractivity contribution in [2.75, 3.05) is 6.61 Å². The molecule has 0 spiro atoms. The Hall–Kier alpha value is -3.87. The third-order valence-electron chi connectivity index (χ3n) is 4.50. The first-order valence-corrected chi connectivity index (χ1v) is 9.16. The zero-order valence-corrected chi connectivity index (χ0v) is 15.8. The third kappa shape index (κ3) is 3.27. The number of para-hydroxylation sites is 1. The van der Waals surface area contributed by atoms with Crippen molar-refractivity contribution in [3.05, 3.63) is 71.5 Å². The van der Waals surface area contributed by atoms with E-state index in [0.717, 1.165) is 0 Å². The van der Waals surface area contributed by atoms with E-state index in [0.29, 0.717) is 34.6 Å². The van der Waals surface area contributed by atoms with Gasteiger partial charge in [-0.15, -0.1) is 6.58 Å². The molecule has 0 bridgehead atoms. The number of fused-ring (bicyclic) bond motifs is 1. The molecule has 2 aromatic heterocycles. The SMILES string of the molecule is C=CCn1c(=O)c(-c2nc(-c3cccc(OCC)c3)no2)c(O)c2ccccc21. The number of nitrogens with zero attached hydrogens (tertiary/aromatic N) is 3. The average Bonchev–Trinajstić information content (AvgIpc) is 3.21. The van der Waals surface area contributed by atoms with Gasteiger partial charge in [0.2, 0.25) is 5.82 Å². The fourth-order valence-electron chi connectivity index (χ4n) is 3.23. The fraction of sp³-hybridized carbons (Fsp3) is 0.136. The summed E-state index contributed by atoms with van der Waals surface area (Å²) in [6.07, 6.45) is 1.62. The van der Waals surface area contributed by atoms with E-state index in [1.165, 1.54) is 4.57 Å². The van der Waals surface area contributed by atoms with Crippen LogP contribution in [0, 0.1) is 0 Å². The van der Waals surface area contributed by atoms with Gasteiger partial charge in [0, 0.05) is 17.5 Å². The van der Waals surface area contributed by atoms with Crippen molar-refractivity contribution < 1.29 is 14.4 Å². The van der Waals surface area contributed by atoms with Gasteiger partial charge >= 0.3 is 0 Å². The molecule has 0 saturated heterocycles. The molecule has 7 nitrogen and oxygen atoms in total. The van der Waals surface area contributed by atoms with Crippen LogP contribution >= 0.6 is 0 Å². The lowest BCUT2D eigenvalue weighted by atomic mass is 10.1. The highest BCUT2D eigenvalue weighted by Gasteiger charge is 2.22. The van der Waals surface area contributed by atoms with Gasteiger partial charge in [-0.25, -0.2) is 0 Å². The van der Waals surface area contributed by atoms with Gasteiger partial charge in [0.25, 0.3) is 11.4 Å². The molecule has 0 aliphatic carbocycles. The predicted octanol–water partition coefficient (Wildman–Crippen LogP) is 4.01. The van der Waals surface area contributed by atoms with E-state index in [4.69, 9.17) is 9.26 Å². The first kappa shape index (κ1) is 18.5. The summed E-state index contributed by atoms with van der Waals surface area (Å²) in [4.78, 5) is 17.4. The molecule has 29 heavy (non-hydrogen) atoms. The molecule has 146 valence electrons. The largest absolute Gasteiger partial charge is 0.506 e. The minimum Gasteiger partial charge on any atom is -0.506 e. The topological polar surface area (TPSA) is 90.4 Å². The summed E-state index contributed by atoms with van der Waals surface area (Å²) in [6.45, 7) is 6.43. The molecule has 4 rings (SSSR count). The van der Waals surface area contributed by atoms with E-state index in [-0.39, 0.29) is 23.7 Å². The second-order valence-corrected chi connectivity index (χ2v) is 6.33. The van der Waals surface area contributed by atoms with Crippen molar-refractivity contribution >= 4 is 10.9 Å². The lowest BCUT2D eigenvalue weighted by molar-refractivity contribution is 0.340. The number of pyridine rings is 1. The standard InChI is InChI=1S/C22H19N3O4/c1-3-12-25-17-11-6-5-10-16(17)19(26)18(22(25)27)21-23-20(24-29-21)14-8-7-9-15(13-14)28-4-2/h3,5-11,13,26H,1,4,12H2,2H3. The minimum atomic E-state index is -0.431. The van der Waals surface area contributed by atoms with Crippen LogP contribution in [0.4, 0.5) is 0 Å². The number of allylic oxidation sites excluding steroid dienone is 1. The molecule has 1 N–H and O–H groups in total. The molecule has 0 amide bonds. The highest BCUT2D eigenvalue weighted by Crippen LogP contribution is 2.33. The van der Waals surface area contributed by atoms with E-state index in [1.54, 1.807) is 36.4 Å². The molecule has 2 aromatic carbocycles. The van der Waals surface area contributed by atoms with E-state index in [2.05, 4.69) is 16.7 Å². The zero-order valence-electron chi connectivity index (χ0n) is 15.8. The quantitative estimate of drug-likeness (QED) is 0.501. The summed E-state index contributed by atoms with van der Waals surface area (Å²) >= 11 is 0. The van der Waals surface area contributed by atoms with Gasteiger partial charge in [-0.3, -0.25) is 4.79 Å². The Kier molecular flexibility index (Phi) is 4.87. The van der Waals surface area contributed by atoms with Crippen LogP contribution in [0.15, 0.2) is 70.5 Å². The van der Waals surface area contributed by atoms with Gasteiger partial charge in [0.15, 0.2) is 0 Å². The van der Waals surface area contributed by atoms with Gasteiger partial charge in [-0.05, 0) is 31.2 Å². The van der Waals surface area contributed by atoms with Crippen LogP contribution in [0.3, 0.4) is 0 Å². The molecule has 2 heterocycles. The maximum Gasteiger partial charge on any atom is 0.268 e. The van der Waals surface area contributed by atoms with Crippen LogP contribution in [0.2, 0.25) is 0 Å². The third-order valence-corrected chi connectivity index (χ3v) is 4.50. The van der Waals surface area contributed by atoms with Crippen molar-refractivity contribution in [3.63, 3.8) is 0 Å². The summed E-state index contributed by atoms with van der Waals surface area (Å²) < 4.78 is 12.4. The van der Waals surface area contributed by atoms with Crippen LogP contribution in [0.25, 0.3) is 33.7 Å². The van der Waals surface area contributed by atoms with Gasteiger partial charge in [0.1, 0.15) is 17.1 Å². The second kappa shape index (κ2) is 7.63. The number of aromatic hydroxyl groups is 1. The molecule has 0 radical (unpaired) electrons. The molecular formula is C22H19N3O4. The van der Waals surface area contributed by atoms with Gasteiger partial charge in [0.05, 0.1) is 12.1 Å². The van der Waals surface area contributed by atoms with Crippen LogP contribution in [-0.4, -0.2) is 26.4 Å². The van der Waals surface area contributed by atoms with Crippen LogP contribution < -0.4 is 10.3 Å². The first-order valence-electron chi connectivity index (χ1n) is 9.16. The Balaban J connectivity index is 1.87. The van der Waals surface area contributed by atoms with Crippen LogP contribution in [0.1, 0.15) is 6.92 Å². The van der Waals surface area contributed by atoms with Gasteiger partial charge in [-0.1, -0.05) is 35.5 Å². The molecule has 0 fully saturated rings. The molecule has 7 heteroatoms. The highest BCUT2D eigenvalue weighted by molar-refractivity contribution is 5.91. The summed E-state index contributed by atoms with van der Waals surface area (Å²) in [5.74, 6) is 0.735. The lowest BCUT2D eigenvalue weighted by Gasteiger charge is -2.11. The number of hydrogen-bond acceptors (Lipinski definition) is 6. The monoisotopic (exact) mass is 389 g/mol. The maximum absolute atomic E-state index is 13.1. The first-order chi connectivity index (χ1) is 14.1. The van der Waals surface area contributed by atoms with Crippen LogP contribution in [-0.2, 0) is 6.54 Å². The van der Waals surface area contributed by atoms with Crippen LogP contribution in [0.5, 0.6) is 11.5 Å². The van der Waals surface area contributed by atoms with Crippen molar-refractivity contribution in [2.45, 2.75) is 13.5 Å². The maximum atomic E-state index is 13.1. The number of benzene rings is 2. The smallest absolute Gasteiger partial charge is 0.268 e. The number of aromatic nitrogens is 3. The normalized spacial score (nSPS) is 10.9. The van der Waals surface area contributed by atoms with Crippen molar-refractivity contribution in [1.82, 2.24) is 14.7 Å². The lowest BCUT2D eigenvalue weighted by Crippen LogP contribution is -2.22. The Labute approximate surface area is 166 Å². The summed E-state index contributed by atoms with van der Waals surface area (Å²) in [5.41, 5.74) is 0.810. The Morgan fingerprint density at radius 1 is 1.24 bits per heavy atom. The number of hydrogen-bond donors (Lipinski definition) is 1. The fourth-order valence-corrected chi connectivity index (χ4v) is 3.23. The Bertz CT molecular complexity index is 1260. The molecule has 0 unspecified atom stereocenters. The number of ether oxygens (including phenoxy) is 1. The zero-order chi connectivity index (χ0) is 20.4.